The molecule has 1 aliphatic rings. The second-order valence-corrected chi connectivity index (χ2v) is 5.80. The number of hydrogen-bond acceptors (Lipinski definition) is 5. The smallest absolute Gasteiger partial charge is 0.366 e. The first-order valence-electron chi connectivity index (χ1n) is 7.86. The number of nitrogens with one attached hydrogen (secondary N) is 2. The SMILES string of the molecule is FC(F)(F)c1cc(NCc2cccnc2)nc(NC2CCCC2)n1. The topological polar surface area (TPSA) is 62.7 Å². The minimum atomic E-state index is -4.51. The molecule has 2 aromatic rings. The maximum absolute atomic E-state index is 13.1. The van der Waals surface area contributed by atoms with Crippen molar-refractivity contribution in [1.82, 2.24) is 15.0 Å². The molecule has 0 aliphatic heterocycles. The van der Waals surface area contributed by atoms with Crippen molar-refractivity contribution < 1.29 is 13.2 Å². The average Bonchev–Trinajstić information content (AvgIpc) is 3.06. The van der Waals surface area contributed by atoms with Crippen molar-refractivity contribution in [2.45, 2.75) is 44.4 Å². The van der Waals surface area contributed by atoms with Crippen LogP contribution in [0.25, 0.3) is 0 Å². The van der Waals surface area contributed by atoms with E-state index in [0.29, 0.717) is 6.54 Å². The van der Waals surface area contributed by atoms with E-state index in [2.05, 4.69) is 25.6 Å². The highest BCUT2D eigenvalue weighted by Gasteiger charge is 2.34. The van der Waals surface area contributed by atoms with Gasteiger partial charge in [0.05, 0.1) is 0 Å². The molecule has 3 rings (SSSR count). The first-order valence-corrected chi connectivity index (χ1v) is 7.86. The first kappa shape index (κ1) is 16.5. The number of nitrogens with zero attached hydrogens (tertiary/aromatic N) is 3. The van der Waals surface area contributed by atoms with E-state index in [1.54, 1.807) is 18.5 Å². The molecule has 0 unspecified atom stereocenters. The zero-order valence-electron chi connectivity index (χ0n) is 13.0. The Hall–Kier alpha value is -2.38. The summed E-state index contributed by atoms with van der Waals surface area (Å²) in [6.07, 6.45) is 2.78. The summed E-state index contributed by atoms with van der Waals surface area (Å²) in [6.45, 7) is 0.338. The maximum atomic E-state index is 13.1. The van der Waals surface area contributed by atoms with Gasteiger partial charge in [0.15, 0.2) is 5.69 Å². The lowest BCUT2D eigenvalue weighted by Gasteiger charge is -2.15. The van der Waals surface area contributed by atoms with Crippen LogP contribution in [-0.4, -0.2) is 21.0 Å². The monoisotopic (exact) mass is 337 g/mol. The Kier molecular flexibility index (Phi) is 4.82. The molecule has 128 valence electrons. The van der Waals surface area contributed by atoms with Gasteiger partial charge in [0, 0.05) is 31.0 Å². The lowest BCUT2D eigenvalue weighted by atomic mass is 10.2. The third-order valence-electron chi connectivity index (χ3n) is 3.90. The number of halogens is 3. The lowest BCUT2D eigenvalue weighted by molar-refractivity contribution is -0.141. The van der Waals surface area contributed by atoms with E-state index in [-0.39, 0.29) is 17.8 Å². The Morgan fingerprint density at radius 1 is 1.17 bits per heavy atom. The van der Waals surface area contributed by atoms with Crippen molar-refractivity contribution in [2.24, 2.45) is 0 Å². The highest BCUT2D eigenvalue weighted by atomic mass is 19.4. The van der Waals surface area contributed by atoms with E-state index in [4.69, 9.17) is 0 Å². The molecule has 2 aromatic heterocycles. The number of pyridine rings is 1. The first-order chi connectivity index (χ1) is 11.5. The van der Waals surface area contributed by atoms with Gasteiger partial charge in [0.25, 0.3) is 0 Å². The van der Waals surface area contributed by atoms with Gasteiger partial charge in [-0.3, -0.25) is 4.98 Å². The minimum absolute atomic E-state index is 0.0189. The van der Waals surface area contributed by atoms with Crippen molar-refractivity contribution >= 4 is 11.8 Å². The lowest BCUT2D eigenvalue weighted by Crippen LogP contribution is -2.19. The van der Waals surface area contributed by atoms with Crippen LogP contribution in [0, 0.1) is 0 Å². The van der Waals surface area contributed by atoms with Gasteiger partial charge in [-0.2, -0.15) is 18.2 Å². The third kappa shape index (κ3) is 4.33. The van der Waals surface area contributed by atoms with E-state index < -0.39 is 11.9 Å². The predicted octanol–water partition coefficient (Wildman–Crippen LogP) is 3.86. The molecule has 0 bridgehead atoms. The van der Waals surface area contributed by atoms with Crippen molar-refractivity contribution in [1.29, 1.82) is 0 Å². The summed E-state index contributed by atoms with van der Waals surface area (Å²) >= 11 is 0. The van der Waals surface area contributed by atoms with Crippen LogP contribution < -0.4 is 10.6 Å². The highest BCUT2D eigenvalue weighted by Crippen LogP contribution is 2.30. The van der Waals surface area contributed by atoms with Crippen LogP contribution in [0.3, 0.4) is 0 Å². The van der Waals surface area contributed by atoms with E-state index >= 15 is 0 Å². The molecule has 8 heteroatoms. The Bertz CT molecular complexity index is 669. The van der Waals surface area contributed by atoms with E-state index in [1.165, 1.54) is 0 Å². The van der Waals surface area contributed by atoms with Crippen molar-refractivity contribution in [3.63, 3.8) is 0 Å². The standard InChI is InChI=1S/C16H18F3N5/c17-16(18,19)13-8-14(21-10-11-4-3-7-20-9-11)24-15(23-13)22-12-5-1-2-6-12/h3-4,7-9,12H,1-2,5-6,10H2,(H2,21,22,23,24). The molecule has 0 saturated heterocycles. The fourth-order valence-corrected chi connectivity index (χ4v) is 2.70. The molecule has 0 radical (unpaired) electrons. The second-order valence-electron chi connectivity index (χ2n) is 5.80. The molecule has 0 atom stereocenters. The Morgan fingerprint density at radius 2 is 1.96 bits per heavy atom. The minimum Gasteiger partial charge on any atom is -0.366 e. The molecular weight excluding hydrogens is 319 g/mol. The van der Waals surface area contributed by atoms with Crippen LogP contribution in [0.4, 0.5) is 24.9 Å². The van der Waals surface area contributed by atoms with Gasteiger partial charge in [-0.25, -0.2) is 4.98 Å². The van der Waals surface area contributed by atoms with Crippen LogP contribution in [0.2, 0.25) is 0 Å². The van der Waals surface area contributed by atoms with Gasteiger partial charge in [-0.15, -0.1) is 0 Å². The third-order valence-corrected chi connectivity index (χ3v) is 3.90. The quantitative estimate of drug-likeness (QED) is 0.867. The molecule has 2 heterocycles. The van der Waals surface area contributed by atoms with Crippen LogP contribution in [0.5, 0.6) is 0 Å². The molecule has 0 spiro atoms. The molecule has 1 fully saturated rings. The van der Waals surface area contributed by atoms with Crippen molar-refractivity contribution in [3.05, 3.63) is 41.9 Å². The van der Waals surface area contributed by atoms with Crippen LogP contribution in [0.1, 0.15) is 36.9 Å². The van der Waals surface area contributed by atoms with Crippen molar-refractivity contribution in [2.75, 3.05) is 10.6 Å². The molecule has 0 amide bonds. The second kappa shape index (κ2) is 7.02. The number of rotatable bonds is 5. The zero-order valence-corrected chi connectivity index (χ0v) is 13.0. The molecule has 24 heavy (non-hydrogen) atoms. The molecule has 2 N–H and O–H groups in total. The summed E-state index contributed by atoms with van der Waals surface area (Å²) in [5, 5.41) is 5.92. The summed E-state index contributed by atoms with van der Waals surface area (Å²) in [4.78, 5) is 11.8. The Labute approximate surface area is 137 Å². The zero-order chi connectivity index (χ0) is 17.0. The summed E-state index contributed by atoms with van der Waals surface area (Å²) in [5.41, 5.74) is -0.0957. The fourth-order valence-electron chi connectivity index (χ4n) is 2.70. The summed E-state index contributed by atoms with van der Waals surface area (Å²) in [7, 11) is 0. The van der Waals surface area contributed by atoms with E-state index in [0.717, 1.165) is 37.3 Å². The predicted molar refractivity (Wildman–Crippen MR) is 84.5 cm³/mol. The van der Waals surface area contributed by atoms with E-state index in [1.807, 2.05) is 6.07 Å². The summed E-state index contributed by atoms with van der Waals surface area (Å²) in [6, 6.07) is 4.67. The number of anilines is 2. The van der Waals surface area contributed by atoms with Gasteiger partial charge < -0.3 is 10.6 Å². The largest absolute Gasteiger partial charge is 0.433 e. The molecule has 1 aliphatic carbocycles. The Morgan fingerprint density at radius 3 is 2.62 bits per heavy atom. The average molecular weight is 337 g/mol. The summed E-state index contributed by atoms with van der Waals surface area (Å²) < 4.78 is 39.2. The van der Waals surface area contributed by atoms with Gasteiger partial charge in [0.2, 0.25) is 5.95 Å². The normalized spacial score (nSPS) is 15.5. The van der Waals surface area contributed by atoms with Crippen LogP contribution in [-0.2, 0) is 12.7 Å². The fraction of sp³-hybridized carbons (Fsp3) is 0.438. The van der Waals surface area contributed by atoms with Crippen LogP contribution in [0.15, 0.2) is 30.6 Å². The molecule has 5 nitrogen and oxygen atoms in total. The van der Waals surface area contributed by atoms with Gasteiger partial charge >= 0.3 is 6.18 Å². The number of alkyl halides is 3. The van der Waals surface area contributed by atoms with E-state index in [9.17, 15) is 13.2 Å². The summed E-state index contributed by atoms with van der Waals surface area (Å²) in [5.74, 6) is 0.159. The molecule has 0 aromatic carbocycles. The number of hydrogen-bond donors (Lipinski definition) is 2. The Balaban J connectivity index is 1.78. The van der Waals surface area contributed by atoms with Crippen molar-refractivity contribution in [3.8, 4) is 0 Å². The van der Waals surface area contributed by atoms with Gasteiger partial charge in [-0.05, 0) is 24.5 Å². The molecular formula is C16H18F3N5. The molecule has 1 saturated carbocycles. The maximum Gasteiger partial charge on any atom is 0.433 e. The number of aromatic nitrogens is 3. The highest BCUT2D eigenvalue weighted by molar-refractivity contribution is 5.44. The van der Waals surface area contributed by atoms with Gasteiger partial charge in [0.1, 0.15) is 5.82 Å². The van der Waals surface area contributed by atoms with Crippen LogP contribution >= 0.6 is 0 Å². The van der Waals surface area contributed by atoms with Gasteiger partial charge in [-0.1, -0.05) is 18.9 Å².